The maximum absolute atomic E-state index is 12.0. The first-order chi connectivity index (χ1) is 17.5. The molecule has 0 aliphatic rings. The monoisotopic (exact) mass is 476 g/mol. The number of aryl methyl sites for hydroxylation is 2. The highest BCUT2D eigenvalue weighted by Gasteiger charge is 2.13. The number of nitrogens with one attached hydrogen (secondary N) is 1. The van der Waals surface area contributed by atoms with Gasteiger partial charge >= 0.3 is 0 Å². The molecule has 0 spiro atoms. The first kappa shape index (κ1) is 23.8. The Morgan fingerprint density at radius 2 is 1.81 bits per heavy atom. The number of hydrogen-bond acceptors (Lipinski definition) is 3. The number of nitrogens with two attached hydrogens (primary N) is 1. The molecule has 0 saturated heterocycles. The Morgan fingerprint density at radius 3 is 2.58 bits per heavy atom. The summed E-state index contributed by atoms with van der Waals surface area (Å²) in [7, 11) is 0. The minimum absolute atomic E-state index is 0.278. The lowest BCUT2D eigenvalue weighted by molar-refractivity contribution is 0.0999. The molecule has 3 N–H and O–H groups in total. The van der Waals surface area contributed by atoms with Gasteiger partial charge in [0, 0.05) is 58.9 Å². The molecule has 2 aromatic heterocycles. The van der Waals surface area contributed by atoms with Crippen LogP contribution in [-0.2, 0) is 19.5 Å². The number of amides is 1. The van der Waals surface area contributed by atoms with E-state index in [1.165, 1.54) is 27.4 Å². The van der Waals surface area contributed by atoms with Crippen LogP contribution in [0.25, 0.3) is 32.9 Å². The van der Waals surface area contributed by atoms with E-state index >= 15 is 0 Å². The summed E-state index contributed by atoms with van der Waals surface area (Å²) in [6.07, 6.45) is 5.26. The van der Waals surface area contributed by atoms with Crippen LogP contribution in [0.3, 0.4) is 0 Å². The van der Waals surface area contributed by atoms with Crippen molar-refractivity contribution in [1.29, 1.82) is 0 Å². The normalized spacial score (nSPS) is 12.3. The first-order valence-electron chi connectivity index (χ1n) is 12.6. The summed E-state index contributed by atoms with van der Waals surface area (Å²) in [5.74, 6) is -0.386. The number of benzene rings is 3. The summed E-state index contributed by atoms with van der Waals surface area (Å²) in [5.41, 5.74) is 13.1. The van der Waals surface area contributed by atoms with Gasteiger partial charge in [0.15, 0.2) is 0 Å². The molecule has 0 aliphatic heterocycles. The highest BCUT2D eigenvalue weighted by molar-refractivity contribution is 6.08. The minimum Gasteiger partial charge on any atom is -0.366 e. The summed E-state index contributed by atoms with van der Waals surface area (Å²) in [6, 6.07) is 25.4. The minimum atomic E-state index is -0.386. The second-order valence-corrected chi connectivity index (χ2v) is 9.41. The van der Waals surface area contributed by atoms with Crippen LogP contribution in [0, 0.1) is 0 Å². The summed E-state index contributed by atoms with van der Waals surface area (Å²) in [5, 5.41) is 6.27. The van der Waals surface area contributed by atoms with Crippen LogP contribution in [0.2, 0.25) is 0 Å². The zero-order chi connectivity index (χ0) is 25.1. The van der Waals surface area contributed by atoms with E-state index < -0.39 is 0 Å². The fourth-order valence-corrected chi connectivity index (χ4v) is 5.07. The largest absolute Gasteiger partial charge is 0.366 e. The van der Waals surface area contributed by atoms with Crippen molar-refractivity contribution in [1.82, 2.24) is 14.9 Å². The number of rotatable bonds is 9. The average molecular weight is 477 g/mol. The molecule has 5 heteroatoms. The molecule has 1 unspecified atom stereocenters. The number of nitrogens with zero attached hydrogens (tertiary/aromatic N) is 2. The quantitative estimate of drug-likeness (QED) is 0.271. The molecule has 1 atom stereocenters. The molecule has 5 aromatic rings. The van der Waals surface area contributed by atoms with Crippen molar-refractivity contribution in [3.05, 3.63) is 102 Å². The number of pyridine rings is 1. The van der Waals surface area contributed by atoms with Gasteiger partial charge in [0.25, 0.3) is 0 Å². The van der Waals surface area contributed by atoms with Gasteiger partial charge < -0.3 is 15.6 Å². The fraction of sp³-hybridized carbons (Fsp3) is 0.226. The maximum Gasteiger partial charge on any atom is 0.248 e. The molecular weight excluding hydrogens is 444 g/mol. The van der Waals surface area contributed by atoms with Crippen LogP contribution in [0.15, 0.2) is 85.2 Å². The lowest BCUT2D eigenvalue weighted by Gasteiger charge is -2.16. The maximum atomic E-state index is 12.0. The average Bonchev–Trinajstić information content (AvgIpc) is 3.24. The van der Waals surface area contributed by atoms with E-state index in [1.54, 1.807) is 6.20 Å². The zero-order valence-electron chi connectivity index (χ0n) is 20.9. The predicted molar refractivity (Wildman–Crippen MR) is 148 cm³/mol. The van der Waals surface area contributed by atoms with Crippen molar-refractivity contribution in [3.63, 3.8) is 0 Å². The van der Waals surface area contributed by atoms with Gasteiger partial charge in [0.05, 0.1) is 0 Å². The second-order valence-electron chi connectivity index (χ2n) is 9.41. The van der Waals surface area contributed by atoms with Crippen LogP contribution in [-0.4, -0.2) is 21.5 Å². The van der Waals surface area contributed by atoms with E-state index in [-0.39, 0.29) is 11.9 Å². The van der Waals surface area contributed by atoms with Gasteiger partial charge in [-0.25, -0.2) is 0 Å². The summed E-state index contributed by atoms with van der Waals surface area (Å²) in [4.78, 5) is 16.3. The molecule has 3 aromatic carbocycles. The number of aromatic nitrogens is 2. The zero-order valence-corrected chi connectivity index (χ0v) is 20.9. The molecular formula is C31H32N4O. The number of carbonyl (C=O) groups excluding carboxylic acids is 1. The molecule has 5 nitrogen and oxygen atoms in total. The van der Waals surface area contributed by atoms with Crippen molar-refractivity contribution in [2.24, 2.45) is 5.73 Å². The van der Waals surface area contributed by atoms with E-state index in [1.807, 2.05) is 30.5 Å². The van der Waals surface area contributed by atoms with E-state index in [0.29, 0.717) is 5.56 Å². The first-order valence-corrected chi connectivity index (χ1v) is 12.6. The van der Waals surface area contributed by atoms with Gasteiger partial charge in [-0.3, -0.25) is 9.78 Å². The highest BCUT2D eigenvalue weighted by Crippen LogP contribution is 2.30. The molecule has 0 fully saturated rings. The predicted octanol–water partition coefficient (Wildman–Crippen LogP) is 6.09. The Hall–Kier alpha value is -3.96. The van der Waals surface area contributed by atoms with Gasteiger partial charge in [-0.05, 0) is 79.3 Å². The molecule has 2 heterocycles. The van der Waals surface area contributed by atoms with Gasteiger partial charge in [0.2, 0.25) is 5.91 Å². The van der Waals surface area contributed by atoms with Gasteiger partial charge in [-0.15, -0.1) is 0 Å². The van der Waals surface area contributed by atoms with E-state index in [9.17, 15) is 4.79 Å². The Balaban J connectivity index is 1.29. The number of fused-ring (bicyclic) bond motifs is 3. The highest BCUT2D eigenvalue weighted by atomic mass is 16.1. The van der Waals surface area contributed by atoms with Crippen molar-refractivity contribution in [2.45, 2.75) is 45.8 Å². The Bertz CT molecular complexity index is 1520. The summed E-state index contributed by atoms with van der Waals surface area (Å²) >= 11 is 0. The van der Waals surface area contributed by atoms with Crippen molar-refractivity contribution >= 4 is 27.7 Å². The molecule has 0 aliphatic carbocycles. The number of carbonyl (C=O) groups is 1. The number of hydrogen-bond donors (Lipinski definition) is 2. The SMILES string of the molecule is CCn1c2ccccc2c2cc(CNC(C)CCc3cc(-c4cccnc4)ccc3C(N)=O)ccc21. The Morgan fingerprint density at radius 1 is 0.972 bits per heavy atom. The van der Waals surface area contributed by atoms with Gasteiger partial charge in [-0.1, -0.05) is 42.5 Å². The van der Waals surface area contributed by atoms with Crippen LogP contribution in [0.5, 0.6) is 0 Å². The molecule has 1 amide bonds. The topological polar surface area (TPSA) is 72.9 Å². The van der Waals surface area contributed by atoms with E-state index in [4.69, 9.17) is 5.73 Å². The van der Waals surface area contributed by atoms with Crippen LogP contribution >= 0.6 is 0 Å². The molecule has 0 bridgehead atoms. The molecule has 5 rings (SSSR count). The lowest BCUT2D eigenvalue weighted by atomic mass is 9.95. The molecule has 0 saturated carbocycles. The van der Waals surface area contributed by atoms with Gasteiger partial charge in [0.1, 0.15) is 0 Å². The number of primary amides is 1. The third-order valence-corrected chi connectivity index (χ3v) is 7.02. The summed E-state index contributed by atoms with van der Waals surface area (Å²) < 4.78 is 2.38. The smallest absolute Gasteiger partial charge is 0.248 e. The third-order valence-electron chi connectivity index (χ3n) is 7.02. The molecule has 182 valence electrons. The van der Waals surface area contributed by atoms with Crippen LogP contribution < -0.4 is 11.1 Å². The molecule has 0 radical (unpaired) electrons. The van der Waals surface area contributed by atoms with Crippen molar-refractivity contribution in [3.8, 4) is 11.1 Å². The van der Waals surface area contributed by atoms with E-state index in [0.717, 1.165) is 42.6 Å². The molecule has 36 heavy (non-hydrogen) atoms. The second kappa shape index (κ2) is 10.3. The van der Waals surface area contributed by atoms with Crippen LogP contribution in [0.1, 0.15) is 41.8 Å². The lowest BCUT2D eigenvalue weighted by Crippen LogP contribution is -2.26. The number of para-hydroxylation sites is 1. The fourth-order valence-electron chi connectivity index (χ4n) is 5.07. The Kier molecular flexibility index (Phi) is 6.83. The summed E-state index contributed by atoms with van der Waals surface area (Å²) in [6.45, 7) is 6.13. The van der Waals surface area contributed by atoms with Crippen molar-refractivity contribution < 1.29 is 4.79 Å². The Labute approximate surface area is 212 Å². The standard InChI is InChI=1S/C31H32N4O/c1-3-35-29-9-5-4-8-27(29)28-17-22(11-15-30(28)35)19-34-21(2)10-12-24-18-23(13-14-26(24)31(32)36)25-7-6-16-33-20-25/h4-9,11,13-18,20-21,34H,3,10,12,19H2,1-2H3,(H2,32,36). The third kappa shape index (κ3) is 4.75. The van der Waals surface area contributed by atoms with Gasteiger partial charge in [-0.2, -0.15) is 0 Å². The van der Waals surface area contributed by atoms with Crippen LogP contribution in [0.4, 0.5) is 0 Å². The van der Waals surface area contributed by atoms with E-state index in [2.05, 4.69) is 77.2 Å². The van der Waals surface area contributed by atoms with Crippen molar-refractivity contribution in [2.75, 3.05) is 0 Å².